The van der Waals surface area contributed by atoms with Crippen molar-refractivity contribution < 1.29 is 23.8 Å². The number of anilines is 1. The van der Waals surface area contributed by atoms with E-state index < -0.39 is 11.7 Å². The number of hydrogen-bond donors (Lipinski definition) is 1. The molecule has 1 aliphatic rings. The summed E-state index contributed by atoms with van der Waals surface area (Å²) in [6.07, 6.45) is 2.81. The van der Waals surface area contributed by atoms with E-state index in [9.17, 15) is 14.8 Å². The Morgan fingerprint density at radius 3 is 2.73 bits per heavy atom. The van der Waals surface area contributed by atoms with Gasteiger partial charge < -0.3 is 20.0 Å². The van der Waals surface area contributed by atoms with E-state index in [1.807, 2.05) is 25.1 Å². The van der Waals surface area contributed by atoms with E-state index in [1.54, 1.807) is 39.0 Å². The van der Waals surface area contributed by atoms with Crippen molar-refractivity contribution in [3.63, 3.8) is 0 Å². The number of hydrogen-bond acceptors (Lipinski definition) is 5. The molecule has 33 heavy (non-hydrogen) atoms. The highest BCUT2D eigenvalue weighted by molar-refractivity contribution is 5.85. The van der Waals surface area contributed by atoms with Crippen LogP contribution in [0.4, 0.5) is 10.6 Å². The fraction of sp³-hybridized carbons (Fsp3) is 0.480. The molecule has 1 unspecified atom stereocenters. The monoisotopic (exact) mass is 455 g/mol. The third-order valence-corrected chi connectivity index (χ3v) is 5.45. The number of nitrogens with one attached hydrogen (secondary N) is 1. The van der Waals surface area contributed by atoms with E-state index in [-0.39, 0.29) is 24.2 Å². The van der Waals surface area contributed by atoms with Crippen molar-refractivity contribution in [1.82, 2.24) is 5.32 Å². The predicted octanol–water partition coefficient (Wildman–Crippen LogP) is 3.73. The quantitative estimate of drug-likeness (QED) is 0.390. The van der Waals surface area contributed by atoms with Crippen molar-refractivity contribution in [3.05, 3.63) is 58.9 Å². The van der Waals surface area contributed by atoms with Crippen molar-refractivity contribution in [1.29, 1.82) is 0 Å². The molecule has 1 aromatic carbocycles. The number of amides is 2. The van der Waals surface area contributed by atoms with Crippen LogP contribution in [0.15, 0.2) is 42.6 Å². The van der Waals surface area contributed by atoms with Crippen LogP contribution >= 0.6 is 0 Å². The lowest BCUT2D eigenvalue weighted by molar-refractivity contribution is -0.591. The van der Waals surface area contributed by atoms with Crippen LogP contribution in [0.1, 0.15) is 51.7 Å². The van der Waals surface area contributed by atoms with Gasteiger partial charge in [0.15, 0.2) is 0 Å². The van der Waals surface area contributed by atoms with E-state index in [1.165, 1.54) is 11.1 Å². The lowest BCUT2D eigenvalue weighted by Crippen LogP contribution is -2.44. The van der Waals surface area contributed by atoms with Crippen molar-refractivity contribution in [2.45, 2.75) is 59.1 Å². The fourth-order valence-electron chi connectivity index (χ4n) is 3.73. The molecule has 0 saturated carbocycles. The molecule has 0 aliphatic carbocycles. The average molecular weight is 456 g/mol. The third-order valence-electron chi connectivity index (χ3n) is 5.45. The second kappa shape index (κ2) is 10.6. The zero-order valence-electron chi connectivity index (χ0n) is 19.8. The van der Waals surface area contributed by atoms with Crippen LogP contribution in [0.2, 0.25) is 0 Å². The molecule has 178 valence electrons. The minimum Gasteiger partial charge on any atom is -0.711 e. The number of nitrogens with zero attached hydrogens (tertiary/aromatic N) is 2. The smallest absolute Gasteiger partial charge is 0.507 e. The number of fused-ring (bicyclic) bond motifs is 1. The lowest BCUT2D eigenvalue weighted by atomic mass is 9.95. The zero-order valence-corrected chi connectivity index (χ0v) is 19.8. The van der Waals surface area contributed by atoms with Crippen LogP contribution in [-0.2, 0) is 22.5 Å². The molecule has 2 amide bonds. The van der Waals surface area contributed by atoms with Gasteiger partial charge in [-0.2, -0.15) is 9.69 Å². The van der Waals surface area contributed by atoms with Gasteiger partial charge in [0.1, 0.15) is 17.9 Å². The molecule has 2 heterocycles. The summed E-state index contributed by atoms with van der Waals surface area (Å²) in [6.45, 7) is 8.49. The maximum absolute atomic E-state index is 12.7. The van der Waals surface area contributed by atoms with E-state index in [2.05, 4.69) is 5.32 Å². The first-order valence-electron chi connectivity index (χ1n) is 11.4. The summed E-state index contributed by atoms with van der Waals surface area (Å²) in [6, 6.07) is 10.8. The maximum atomic E-state index is 12.7. The summed E-state index contributed by atoms with van der Waals surface area (Å²) in [5.41, 5.74) is 1.54. The number of carbonyl (C=O) groups is 2. The Morgan fingerprint density at radius 2 is 2.03 bits per heavy atom. The van der Waals surface area contributed by atoms with E-state index in [0.717, 1.165) is 24.0 Å². The first kappa shape index (κ1) is 24.4. The maximum Gasteiger partial charge on any atom is 0.507 e. The van der Waals surface area contributed by atoms with Gasteiger partial charge in [-0.15, -0.1) is 0 Å². The van der Waals surface area contributed by atoms with Crippen molar-refractivity contribution >= 4 is 17.8 Å². The molecule has 8 heteroatoms. The normalized spacial score (nSPS) is 15.8. The van der Waals surface area contributed by atoms with Crippen LogP contribution in [0.5, 0.6) is 5.75 Å². The molecule has 1 aliphatic heterocycles. The van der Waals surface area contributed by atoms with Crippen molar-refractivity contribution in [2.75, 3.05) is 18.1 Å². The number of carbonyl (C=O) groups excluding carboxylic acids is 2. The molecule has 1 atom stereocenters. The highest BCUT2D eigenvalue weighted by Crippen LogP contribution is 2.25. The summed E-state index contributed by atoms with van der Waals surface area (Å²) in [5.74, 6) is 1.01. The zero-order chi connectivity index (χ0) is 24.0. The standard InChI is InChI=1S/C25H33N3O5/c1-5-18-15-19-10-11-21(16-20(19)17-26-23(18)29)32-14-8-12-27(24(30)33-25(2,3)4)22-9-6-7-13-28(22)31/h6-7,9-11,13,16,18H,5,8,12,14-15,17H2,1-4H3,(H,26,29). The van der Waals surface area contributed by atoms with Gasteiger partial charge in [0.05, 0.1) is 12.8 Å². The SMILES string of the molecule is CCC1Cc2ccc(OCCCN(C(=O)OC(C)(C)C)c3cccc[n+]3[O-])cc2CNC1=O. The van der Waals surface area contributed by atoms with Crippen LogP contribution in [0.3, 0.4) is 0 Å². The Balaban J connectivity index is 1.62. The summed E-state index contributed by atoms with van der Waals surface area (Å²) in [5, 5.41) is 15.2. The molecule has 0 radical (unpaired) electrons. The Hall–Kier alpha value is -3.29. The molecule has 2 aromatic rings. The van der Waals surface area contributed by atoms with Gasteiger partial charge in [0.2, 0.25) is 5.91 Å². The molecule has 1 N–H and O–H groups in total. The Bertz CT molecular complexity index is 986. The second-order valence-electron chi connectivity index (χ2n) is 9.18. The van der Waals surface area contributed by atoms with Crippen molar-refractivity contribution in [3.8, 4) is 5.75 Å². The molecule has 8 nitrogen and oxygen atoms in total. The first-order valence-corrected chi connectivity index (χ1v) is 11.4. The van der Waals surface area contributed by atoms with Crippen LogP contribution in [-0.4, -0.2) is 30.8 Å². The Kier molecular flexibility index (Phi) is 7.79. The molecular weight excluding hydrogens is 422 g/mol. The molecule has 0 fully saturated rings. The van der Waals surface area contributed by atoms with Crippen LogP contribution in [0.25, 0.3) is 0 Å². The number of rotatable bonds is 7. The third kappa shape index (κ3) is 6.60. The van der Waals surface area contributed by atoms with E-state index in [0.29, 0.717) is 30.1 Å². The highest BCUT2D eigenvalue weighted by atomic mass is 16.6. The summed E-state index contributed by atoms with van der Waals surface area (Å²) >= 11 is 0. The number of pyridine rings is 1. The summed E-state index contributed by atoms with van der Waals surface area (Å²) < 4.78 is 12.0. The highest BCUT2D eigenvalue weighted by Gasteiger charge is 2.31. The van der Waals surface area contributed by atoms with Gasteiger partial charge in [-0.1, -0.05) is 19.1 Å². The molecule has 3 rings (SSSR count). The molecular formula is C25H33N3O5. The van der Waals surface area contributed by atoms with Crippen molar-refractivity contribution in [2.24, 2.45) is 5.92 Å². The van der Waals surface area contributed by atoms with E-state index in [4.69, 9.17) is 9.47 Å². The first-order chi connectivity index (χ1) is 15.7. The van der Waals surface area contributed by atoms with E-state index >= 15 is 0 Å². The van der Waals surface area contributed by atoms with Gasteiger partial charge in [-0.25, -0.2) is 4.73 Å². The van der Waals surface area contributed by atoms with Gasteiger partial charge in [0, 0.05) is 24.9 Å². The molecule has 0 saturated heterocycles. The Morgan fingerprint density at radius 1 is 1.24 bits per heavy atom. The summed E-state index contributed by atoms with van der Waals surface area (Å²) in [4.78, 5) is 26.2. The number of aromatic nitrogens is 1. The molecule has 0 spiro atoms. The van der Waals surface area contributed by atoms with Crippen LogP contribution in [0, 0.1) is 11.1 Å². The van der Waals surface area contributed by atoms with Crippen LogP contribution < -0.4 is 19.7 Å². The van der Waals surface area contributed by atoms with Gasteiger partial charge >= 0.3 is 6.09 Å². The fourth-order valence-corrected chi connectivity index (χ4v) is 3.73. The second-order valence-corrected chi connectivity index (χ2v) is 9.18. The minimum absolute atomic E-state index is 0.00128. The largest absolute Gasteiger partial charge is 0.711 e. The van der Waals surface area contributed by atoms with Gasteiger partial charge in [-0.05, 0) is 62.9 Å². The number of ether oxygens (including phenoxy) is 2. The average Bonchev–Trinajstić information content (AvgIpc) is 2.91. The molecule has 0 bridgehead atoms. The minimum atomic E-state index is -0.678. The summed E-state index contributed by atoms with van der Waals surface area (Å²) in [7, 11) is 0. The van der Waals surface area contributed by atoms with Gasteiger partial charge in [-0.3, -0.25) is 4.79 Å². The Labute approximate surface area is 195 Å². The predicted molar refractivity (Wildman–Crippen MR) is 125 cm³/mol. The molecule has 1 aromatic heterocycles. The number of benzene rings is 1. The topological polar surface area (TPSA) is 94.8 Å². The van der Waals surface area contributed by atoms with Gasteiger partial charge in [0.25, 0.3) is 5.82 Å². The lowest BCUT2D eigenvalue weighted by Gasteiger charge is -2.23.